The van der Waals surface area contributed by atoms with Gasteiger partial charge in [0.2, 0.25) is 5.91 Å². The first-order chi connectivity index (χ1) is 9.45. The molecule has 0 aliphatic heterocycles. The highest BCUT2D eigenvalue weighted by Gasteiger charge is 2.03. The predicted octanol–water partition coefficient (Wildman–Crippen LogP) is 2.29. The van der Waals surface area contributed by atoms with Crippen LogP contribution < -0.4 is 10.8 Å². The maximum absolute atomic E-state index is 12.3. The molecule has 4 N–H and O–H groups in total. The third-order valence-corrected chi connectivity index (χ3v) is 2.55. The molecule has 5 nitrogen and oxygen atoms in total. The third kappa shape index (κ3) is 11.6. The third-order valence-electron chi connectivity index (χ3n) is 2.55. The number of allylic oxidation sites excluding steroid dienone is 3. The molecule has 1 unspecified atom stereocenters. The largest absolute Gasteiger partial charge is 0.377 e. The zero-order chi connectivity index (χ0) is 15.4. The van der Waals surface area contributed by atoms with Crippen LogP contribution in [0.4, 0.5) is 4.39 Å². The lowest BCUT2D eigenvalue weighted by Gasteiger charge is -2.07. The summed E-state index contributed by atoms with van der Waals surface area (Å²) in [5, 5.41) is 19.9. The molecule has 0 bridgehead atoms. The molecule has 0 aliphatic carbocycles. The Labute approximate surface area is 118 Å². The second-order valence-electron chi connectivity index (χ2n) is 4.45. The highest BCUT2D eigenvalue weighted by molar-refractivity contribution is 5.78. The maximum atomic E-state index is 12.3. The van der Waals surface area contributed by atoms with Crippen LogP contribution in [0.1, 0.15) is 38.5 Å². The minimum Gasteiger partial charge on any atom is -0.377 e. The summed E-state index contributed by atoms with van der Waals surface area (Å²) in [5.41, 5.74) is 2.08. The van der Waals surface area contributed by atoms with Gasteiger partial charge in [-0.15, -0.1) is 0 Å². The van der Waals surface area contributed by atoms with E-state index in [4.69, 9.17) is 10.3 Å². The summed E-state index contributed by atoms with van der Waals surface area (Å²) in [7, 11) is 0. The van der Waals surface area contributed by atoms with Crippen LogP contribution >= 0.6 is 0 Å². The van der Waals surface area contributed by atoms with Gasteiger partial charge >= 0.3 is 0 Å². The highest BCUT2D eigenvalue weighted by atomic mass is 19.1. The molecule has 0 aliphatic rings. The maximum Gasteiger partial charge on any atom is 0.224 e. The van der Waals surface area contributed by atoms with Gasteiger partial charge in [0.15, 0.2) is 0 Å². The molecule has 20 heavy (non-hydrogen) atoms. The molecule has 0 saturated heterocycles. The first-order valence-corrected chi connectivity index (χ1v) is 6.54. The summed E-state index contributed by atoms with van der Waals surface area (Å²) in [6.07, 6.45) is 5.64. The van der Waals surface area contributed by atoms with Crippen LogP contribution in [0, 0.1) is 0 Å². The highest BCUT2D eigenvalue weighted by Crippen LogP contribution is 2.07. The molecule has 0 fully saturated rings. The minimum atomic E-state index is -0.890. The zero-order valence-electron chi connectivity index (χ0n) is 11.6. The van der Waals surface area contributed by atoms with Crippen molar-refractivity contribution in [2.24, 2.45) is 0 Å². The van der Waals surface area contributed by atoms with Crippen molar-refractivity contribution in [3.05, 3.63) is 36.8 Å². The number of hydrogen-bond acceptors (Lipinski definition) is 4. The number of aliphatic hydroxyl groups excluding tert-OH is 1. The molecule has 0 aromatic carbocycles. The fourth-order valence-corrected chi connectivity index (χ4v) is 1.52. The molecule has 0 aromatic rings. The van der Waals surface area contributed by atoms with E-state index in [0.29, 0.717) is 18.5 Å². The molecule has 0 spiro atoms. The van der Waals surface area contributed by atoms with E-state index < -0.39 is 12.1 Å². The van der Waals surface area contributed by atoms with E-state index in [2.05, 4.69) is 18.5 Å². The number of aliphatic hydroxyl groups is 1. The second-order valence-corrected chi connectivity index (χ2v) is 4.45. The average molecular weight is 286 g/mol. The van der Waals surface area contributed by atoms with Crippen molar-refractivity contribution in [3.8, 4) is 0 Å². The number of hydrogen-bond donors (Lipinski definition) is 4. The number of unbranched alkanes of at least 4 members (excludes halogenated alkanes) is 3. The lowest BCUT2D eigenvalue weighted by atomic mass is 10.1. The molecule has 114 valence electrons. The molecule has 0 heterocycles. The van der Waals surface area contributed by atoms with Crippen LogP contribution in [0.3, 0.4) is 0 Å². The first kappa shape index (κ1) is 18.5. The van der Waals surface area contributed by atoms with E-state index in [0.717, 1.165) is 31.8 Å². The van der Waals surface area contributed by atoms with Gasteiger partial charge in [-0.25, -0.2) is 4.39 Å². The number of amides is 1. The van der Waals surface area contributed by atoms with E-state index in [-0.39, 0.29) is 5.91 Å². The van der Waals surface area contributed by atoms with Gasteiger partial charge in [0.25, 0.3) is 0 Å². The van der Waals surface area contributed by atoms with Gasteiger partial charge in [-0.05, 0) is 31.4 Å². The summed E-state index contributed by atoms with van der Waals surface area (Å²) in [6, 6.07) is 0. The van der Waals surface area contributed by atoms with Gasteiger partial charge in [0, 0.05) is 12.1 Å². The second kappa shape index (κ2) is 11.3. The Hall–Kier alpha value is -1.50. The Balaban J connectivity index is 3.59. The molecular weight excluding hydrogens is 263 g/mol. The summed E-state index contributed by atoms with van der Waals surface area (Å²) in [4.78, 5) is 11.5. The van der Waals surface area contributed by atoms with Crippen molar-refractivity contribution in [2.45, 2.75) is 44.8 Å². The quantitative estimate of drug-likeness (QED) is 0.203. The fraction of sp³-hybridized carbons (Fsp3) is 0.500. The van der Waals surface area contributed by atoms with Gasteiger partial charge in [-0.1, -0.05) is 26.0 Å². The predicted molar refractivity (Wildman–Crippen MR) is 75.3 cm³/mol. The van der Waals surface area contributed by atoms with E-state index in [1.165, 1.54) is 6.08 Å². The lowest BCUT2D eigenvalue weighted by molar-refractivity contribution is -0.120. The molecule has 0 radical (unpaired) electrons. The fourth-order valence-electron chi connectivity index (χ4n) is 1.52. The monoisotopic (exact) mass is 286 g/mol. The van der Waals surface area contributed by atoms with Crippen LogP contribution in [0.25, 0.3) is 0 Å². The Morgan fingerprint density at radius 2 is 1.85 bits per heavy atom. The molecule has 1 atom stereocenters. The van der Waals surface area contributed by atoms with Crippen molar-refractivity contribution >= 4 is 5.91 Å². The molecule has 0 saturated carbocycles. The molecular formula is C14H23FN2O3. The van der Waals surface area contributed by atoms with Gasteiger partial charge in [-0.2, -0.15) is 5.48 Å². The molecule has 1 amide bonds. The van der Waals surface area contributed by atoms with Crippen LogP contribution in [-0.2, 0) is 4.79 Å². The van der Waals surface area contributed by atoms with Gasteiger partial charge in [0.1, 0.15) is 12.1 Å². The average Bonchev–Trinajstić information content (AvgIpc) is 2.39. The lowest BCUT2D eigenvalue weighted by Crippen LogP contribution is -2.24. The summed E-state index contributed by atoms with van der Waals surface area (Å²) < 4.78 is 12.3. The van der Waals surface area contributed by atoms with Crippen molar-refractivity contribution in [1.82, 2.24) is 10.8 Å². The van der Waals surface area contributed by atoms with Crippen LogP contribution in [0.5, 0.6) is 0 Å². The van der Waals surface area contributed by atoms with Crippen molar-refractivity contribution in [2.75, 3.05) is 0 Å². The van der Waals surface area contributed by atoms with Crippen LogP contribution in [0.15, 0.2) is 36.8 Å². The number of nitrogens with one attached hydrogen (secondary N) is 2. The van der Waals surface area contributed by atoms with Crippen molar-refractivity contribution in [1.29, 1.82) is 0 Å². The van der Waals surface area contributed by atoms with E-state index >= 15 is 0 Å². The summed E-state index contributed by atoms with van der Waals surface area (Å²) in [5.74, 6) is -0.763. The molecule has 0 aromatic heterocycles. The zero-order valence-corrected chi connectivity index (χ0v) is 11.6. The van der Waals surface area contributed by atoms with E-state index in [1.807, 2.05) is 0 Å². The Morgan fingerprint density at radius 1 is 1.20 bits per heavy atom. The molecule has 0 rings (SSSR count). The van der Waals surface area contributed by atoms with Gasteiger partial charge in [-0.3, -0.25) is 4.79 Å². The van der Waals surface area contributed by atoms with E-state index in [9.17, 15) is 9.18 Å². The van der Waals surface area contributed by atoms with Crippen molar-refractivity contribution < 1.29 is 19.5 Å². The normalized spacial score (nSPS) is 12.3. The first-order valence-electron chi connectivity index (χ1n) is 6.54. The van der Waals surface area contributed by atoms with Crippen molar-refractivity contribution in [3.63, 3.8) is 0 Å². The number of carbonyl (C=O) groups excluding carboxylic acids is 1. The Bertz CT molecular complexity index is 356. The van der Waals surface area contributed by atoms with Crippen LogP contribution in [-0.4, -0.2) is 22.4 Å². The van der Waals surface area contributed by atoms with Gasteiger partial charge < -0.3 is 15.6 Å². The van der Waals surface area contributed by atoms with Gasteiger partial charge in [0.05, 0.1) is 0 Å². The Kier molecular flexibility index (Phi) is 10.5. The number of halogens is 1. The standard InChI is InChI=1S/C14H23FN2O3/c1-11(15)9-10-12(2)16-13(18)7-5-3-4-6-8-14(19)17-20/h9-10,14,17,19-20H,1-8H2,(H,16,18)/b10-9-. The number of rotatable bonds is 11. The minimum absolute atomic E-state index is 0.166. The number of hydroxylamine groups is 1. The Morgan fingerprint density at radius 3 is 2.45 bits per heavy atom. The SMILES string of the molecule is C=C(F)/C=C\C(=C)NC(=O)CCCCCCC(O)NO. The summed E-state index contributed by atoms with van der Waals surface area (Å²) in [6.45, 7) is 6.63. The summed E-state index contributed by atoms with van der Waals surface area (Å²) >= 11 is 0. The topological polar surface area (TPSA) is 81.6 Å². The number of carbonyl (C=O) groups is 1. The smallest absolute Gasteiger partial charge is 0.224 e. The van der Waals surface area contributed by atoms with E-state index in [1.54, 1.807) is 5.48 Å². The van der Waals surface area contributed by atoms with Crippen LogP contribution in [0.2, 0.25) is 0 Å². The molecule has 6 heteroatoms.